The second kappa shape index (κ2) is 9.06. The van der Waals surface area contributed by atoms with Crippen molar-refractivity contribution in [1.29, 1.82) is 0 Å². The molecule has 0 unspecified atom stereocenters. The van der Waals surface area contributed by atoms with Crippen LogP contribution in [0.25, 0.3) is 0 Å². The SMILES string of the molecule is COc1cc(NC(=O)c2ccc(NS(=O)(=O)c3ccccc3)cc2)c(OC)cc1Cl. The van der Waals surface area contributed by atoms with E-state index in [0.717, 1.165) is 0 Å². The van der Waals surface area contributed by atoms with Gasteiger partial charge in [0, 0.05) is 23.4 Å². The first-order valence-electron chi connectivity index (χ1n) is 8.75. The van der Waals surface area contributed by atoms with Crippen LogP contribution in [0.2, 0.25) is 5.02 Å². The van der Waals surface area contributed by atoms with Gasteiger partial charge in [-0.1, -0.05) is 29.8 Å². The van der Waals surface area contributed by atoms with Gasteiger partial charge in [-0.25, -0.2) is 8.42 Å². The molecule has 0 aliphatic rings. The number of rotatable bonds is 7. The lowest BCUT2D eigenvalue weighted by Crippen LogP contribution is -2.14. The summed E-state index contributed by atoms with van der Waals surface area (Å²) in [5.74, 6) is 0.356. The van der Waals surface area contributed by atoms with Gasteiger partial charge in [-0.3, -0.25) is 9.52 Å². The Morgan fingerprint density at radius 2 is 1.53 bits per heavy atom. The molecular weight excluding hydrogens is 428 g/mol. The third-order valence-corrected chi connectivity index (χ3v) is 5.87. The molecule has 0 saturated carbocycles. The number of sulfonamides is 1. The summed E-state index contributed by atoms with van der Waals surface area (Å²) in [6, 6.07) is 17.1. The lowest BCUT2D eigenvalue weighted by atomic mass is 10.2. The number of benzene rings is 3. The van der Waals surface area contributed by atoms with Crippen molar-refractivity contribution in [1.82, 2.24) is 0 Å². The van der Waals surface area contributed by atoms with Gasteiger partial charge in [0.05, 0.1) is 29.8 Å². The number of halogens is 1. The number of amides is 1. The summed E-state index contributed by atoms with van der Waals surface area (Å²) in [5.41, 5.74) is 1.05. The Labute approximate surface area is 179 Å². The molecule has 3 rings (SSSR count). The molecule has 3 aromatic carbocycles. The van der Waals surface area contributed by atoms with E-state index in [1.165, 1.54) is 56.7 Å². The largest absolute Gasteiger partial charge is 0.495 e. The highest BCUT2D eigenvalue weighted by molar-refractivity contribution is 7.92. The van der Waals surface area contributed by atoms with E-state index in [-0.39, 0.29) is 4.90 Å². The van der Waals surface area contributed by atoms with Crippen LogP contribution in [0.1, 0.15) is 10.4 Å². The van der Waals surface area contributed by atoms with Gasteiger partial charge < -0.3 is 14.8 Å². The van der Waals surface area contributed by atoms with Crippen molar-refractivity contribution in [3.05, 3.63) is 77.3 Å². The van der Waals surface area contributed by atoms with Gasteiger partial charge in [0.25, 0.3) is 15.9 Å². The Bertz CT molecular complexity index is 1150. The molecule has 1 amide bonds. The summed E-state index contributed by atoms with van der Waals surface area (Å²) >= 11 is 6.07. The zero-order valence-electron chi connectivity index (χ0n) is 16.2. The fourth-order valence-corrected chi connectivity index (χ4v) is 3.97. The smallest absolute Gasteiger partial charge is 0.261 e. The van der Waals surface area contributed by atoms with E-state index in [9.17, 15) is 13.2 Å². The lowest BCUT2D eigenvalue weighted by molar-refractivity contribution is 0.102. The standard InChI is InChI=1S/C21H19ClN2O5S/c1-28-19-13-18(20(29-2)12-17(19)22)23-21(25)14-8-10-15(11-9-14)24-30(26,27)16-6-4-3-5-7-16/h3-13,24H,1-2H3,(H,23,25). The van der Waals surface area contributed by atoms with Crippen molar-refractivity contribution < 1.29 is 22.7 Å². The first-order valence-corrected chi connectivity index (χ1v) is 10.6. The van der Waals surface area contributed by atoms with Crippen molar-refractivity contribution in [2.45, 2.75) is 4.90 Å². The van der Waals surface area contributed by atoms with E-state index in [4.69, 9.17) is 21.1 Å². The average Bonchev–Trinajstić information content (AvgIpc) is 2.75. The summed E-state index contributed by atoms with van der Waals surface area (Å²) in [4.78, 5) is 12.8. The van der Waals surface area contributed by atoms with Crippen LogP contribution >= 0.6 is 11.6 Å². The predicted molar refractivity (Wildman–Crippen MR) is 116 cm³/mol. The third kappa shape index (κ3) is 4.84. The van der Waals surface area contributed by atoms with Crippen molar-refractivity contribution in [3.63, 3.8) is 0 Å². The molecule has 0 radical (unpaired) electrons. The number of nitrogens with one attached hydrogen (secondary N) is 2. The molecule has 0 fully saturated rings. The Hall–Kier alpha value is -3.23. The second-order valence-electron chi connectivity index (χ2n) is 6.14. The molecule has 0 aliphatic carbocycles. The molecule has 0 aliphatic heterocycles. The normalized spacial score (nSPS) is 10.9. The maximum absolute atomic E-state index is 12.6. The molecule has 0 heterocycles. The monoisotopic (exact) mass is 446 g/mol. The predicted octanol–water partition coefficient (Wildman–Crippen LogP) is 4.41. The molecule has 9 heteroatoms. The van der Waals surface area contributed by atoms with Crippen molar-refractivity contribution in [2.75, 3.05) is 24.3 Å². The van der Waals surface area contributed by atoms with Gasteiger partial charge in [-0.15, -0.1) is 0 Å². The molecule has 3 aromatic rings. The summed E-state index contributed by atoms with van der Waals surface area (Å²) in [5, 5.41) is 3.08. The molecule has 156 valence electrons. The molecular formula is C21H19ClN2O5S. The van der Waals surface area contributed by atoms with Gasteiger partial charge in [0.15, 0.2) is 0 Å². The second-order valence-corrected chi connectivity index (χ2v) is 8.23. The fraction of sp³-hybridized carbons (Fsp3) is 0.0952. The maximum Gasteiger partial charge on any atom is 0.261 e. The highest BCUT2D eigenvalue weighted by atomic mass is 35.5. The van der Waals surface area contributed by atoms with E-state index in [1.54, 1.807) is 24.3 Å². The Kier molecular flexibility index (Phi) is 6.49. The highest BCUT2D eigenvalue weighted by Gasteiger charge is 2.16. The Balaban J connectivity index is 1.76. The summed E-state index contributed by atoms with van der Waals surface area (Å²) in [6.45, 7) is 0. The summed E-state index contributed by atoms with van der Waals surface area (Å²) in [6.07, 6.45) is 0. The van der Waals surface area contributed by atoms with E-state index in [2.05, 4.69) is 10.0 Å². The van der Waals surface area contributed by atoms with Crippen LogP contribution in [0, 0.1) is 0 Å². The molecule has 0 aromatic heterocycles. The maximum atomic E-state index is 12.6. The molecule has 0 bridgehead atoms. The van der Waals surface area contributed by atoms with Crippen LogP contribution in [-0.2, 0) is 10.0 Å². The van der Waals surface area contributed by atoms with Crippen LogP contribution in [0.4, 0.5) is 11.4 Å². The van der Waals surface area contributed by atoms with Crippen LogP contribution < -0.4 is 19.5 Å². The Morgan fingerprint density at radius 3 is 2.13 bits per heavy atom. The van der Waals surface area contributed by atoms with Crippen molar-refractivity contribution >= 4 is 38.9 Å². The lowest BCUT2D eigenvalue weighted by Gasteiger charge is -2.13. The molecule has 7 nitrogen and oxygen atoms in total. The van der Waals surface area contributed by atoms with Crippen LogP contribution in [-0.4, -0.2) is 28.5 Å². The zero-order valence-corrected chi connectivity index (χ0v) is 17.8. The summed E-state index contributed by atoms with van der Waals surface area (Å²) in [7, 11) is -0.783. The van der Waals surface area contributed by atoms with E-state index < -0.39 is 15.9 Å². The first kappa shape index (κ1) is 21.5. The zero-order chi connectivity index (χ0) is 21.7. The Morgan fingerprint density at radius 1 is 0.900 bits per heavy atom. The first-order chi connectivity index (χ1) is 14.3. The van der Waals surface area contributed by atoms with Crippen molar-refractivity contribution in [3.8, 4) is 11.5 Å². The number of hydrogen-bond acceptors (Lipinski definition) is 5. The minimum atomic E-state index is -3.71. The van der Waals surface area contributed by atoms with E-state index in [1.807, 2.05) is 0 Å². The van der Waals surface area contributed by atoms with Crippen LogP contribution in [0.15, 0.2) is 71.6 Å². The van der Waals surface area contributed by atoms with Gasteiger partial charge in [-0.05, 0) is 36.4 Å². The molecule has 0 saturated heterocycles. The molecule has 0 spiro atoms. The van der Waals surface area contributed by atoms with Crippen LogP contribution in [0.3, 0.4) is 0 Å². The average molecular weight is 447 g/mol. The van der Waals surface area contributed by atoms with Crippen molar-refractivity contribution in [2.24, 2.45) is 0 Å². The van der Waals surface area contributed by atoms with Gasteiger partial charge in [0.2, 0.25) is 0 Å². The number of methoxy groups -OCH3 is 2. The number of ether oxygens (including phenoxy) is 2. The van der Waals surface area contributed by atoms with E-state index >= 15 is 0 Å². The molecule has 2 N–H and O–H groups in total. The number of anilines is 2. The van der Waals surface area contributed by atoms with Crippen LogP contribution in [0.5, 0.6) is 11.5 Å². The van der Waals surface area contributed by atoms with Gasteiger partial charge in [0.1, 0.15) is 11.5 Å². The third-order valence-electron chi connectivity index (χ3n) is 4.17. The van der Waals surface area contributed by atoms with E-state index in [0.29, 0.717) is 33.5 Å². The fourth-order valence-electron chi connectivity index (χ4n) is 2.66. The topological polar surface area (TPSA) is 93.7 Å². The van der Waals surface area contributed by atoms with Gasteiger partial charge >= 0.3 is 0 Å². The minimum absolute atomic E-state index is 0.149. The summed E-state index contributed by atoms with van der Waals surface area (Å²) < 4.78 is 37.7. The van der Waals surface area contributed by atoms with Gasteiger partial charge in [-0.2, -0.15) is 0 Å². The minimum Gasteiger partial charge on any atom is -0.495 e. The number of carbonyl (C=O) groups is 1. The molecule has 0 atom stereocenters. The highest BCUT2D eigenvalue weighted by Crippen LogP contribution is 2.36. The number of carbonyl (C=O) groups excluding carboxylic acids is 1. The number of hydrogen-bond donors (Lipinski definition) is 2. The quantitative estimate of drug-likeness (QED) is 0.560. The molecule has 30 heavy (non-hydrogen) atoms.